The zero-order chi connectivity index (χ0) is 25.1. The van der Waals surface area contributed by atoms with Crippen LogP contribution in [0.4, 0.5) is 10.5 Å². The fourth-order valence-corrected chi connectivity index (χ4v) is 4.84. The minimum absolute atomic E-state index is 0.0885. The molecule has 4 amide bonds. The maximum atomic E-state index is 13.0. The molecule has 0 aromatic heterocycles. The summed E-state index contributed by atoms with van der Waals surface area (Å²) >= 11 is 0. The summed E-state index contributed by atoms with van der Waals surface area (Å²) < 4.78 is 5.13. The van der Waals surface area contributed by atoms with E-state index in [0.717, 1.165) is 22.9 Å². The maximum absolute atomic E-state index is 13.0. The molecule has 0 spiro atoms. The highest BCUT2D eigenvalue weighted by Crippen LogP contribution is 2.30. The molecule has 0 N–H and O–H groups in total. The van der Waals surface area contributed by atoms with Crippen LogP contribution in [0.15, 0.2) is 84.9 Å². The van der Waals surface area contributed by atoms with Crippen LogP contribution in [-0.4, -0.2) is 72.5 Å². The van der Waals surface area contributed by atoms with Crippen LogP contribution in [0, 0.1) is 0 Å². The molecule has 0 radical (unpaired) electrons. The van der Waals surface area contributed by atoms with E-state index < -0.39 is 17.8 Å². The second kappa shape index (κ2) is 10.3. The number of hydrogen-bond acceptors (Lipinski definition) is 6. The van der Waals surface area contributed by atoms with Crippen molar-refractivity contribution in [2.75, 3.05) is 44.9 Å². The lowest BCUT2D eigenvalue weighted by Crippen LogP contribution is -2.52. The van der Waals surface area contributed by atoms with E-state index in [-0.39, 0.29) is 12.7 Å². The fraction of sp³-hybridized carbons (Fsp3) is 0.250. The van der Waals surface area contributed by atoms with Crippen LogP contribution in [0.25, 0.3) is 0 Å². The number of hydrogen-bond donors (Lipinski definition) is 0. The third-order valence-electron chi connectivity index (χ3n) is 6.73. The van der Waals surface area contributed by atoms with Crippen LogP contribution in [0.2, 0.25) is 0 Å². The largest absolute Gasteiger partial charge is 0.497 e. The SMILES string of the molecule is COc1ccc(N2C(=O)C(=O)N(CN3CCN(C(c4ccccc4)c4ccccc4)CC3)C2=O)cc1. The number of ether oxygens (including phenoxy) is 1. The molecule has 0 saturated carbocycles. The molecule has 184 valence electrons. The van der Waals surface area contributed by atoms with Gasteiger partial charge < -0.3 is 4.74 Å². The first-order valence-electron chi connectivity index (χ1n) is 12.0. The van der Waals surface area contributed by atoms with Gasteiger partial charge in [0.15, 0.2) is 0 Å². The summed E-state index contributed by atoms with van der Waals surface area (Å²) in [6.07, 6.45) is 0. The Labute approximate surface area is 210 Å². The van der Waals surface area contributed by atoms with Crippen molar-refractivity contribution in [2.45, 2.75) is 6.04 Å². The second-order valence-corrected chi connectivity index (χ2v) is 8.87. The number of methoxy groups -OCH3 is 1. The number of benzene rings is 3. The van der Waals surface area contributed by atoms with Crippen LogP contribution in [0.3, 0.4) is 0 Å². The normalized spacial score (nSPS) is 17.3. The Morgan fingerprint density at radius 1 is 0.722 bits per heavy atom. The Bertz CT molecular complexity index is 1190. The Morgan fingerprint density at radius 2 is 1.28 bits per heavy atom. The molecule has 0 unspecified atom stereocenters. The molecule has 0 atom stereocenters. The van der Waals surface area contributed by atoms with Gasteiger partial charge in [0.2, 0.25) is 0 Å². The molecule has 5 rings (SSSR count). The van der Waals surface area contributed by atoms with E-state index in [1.807, 2.05) is 17.0 Å². The Balaban J connectivity index is 1.26. The summed E-state index contributed by atoms with van der Waals surface area (Å²) in [5.41, 5.74) is 2.80. The van der Waals surface area contributed by atoms with Crippen LogP contribution >= 0.6 is 0 Å². The van der Waals surface area contributed by atoms with Crippen molar-refractivity contribution >= 4 is 23.5 Å². The van der Waals surface area contributed by atoms with Gasteiger partial charge in [0.05, 0.1) is 25.5 Å². The lowest BCUT2D eigenvalue weighted by molar-refractivity contribution is -0.140. The van der Waals surface area contributed by atoms with Gasteiger partial charge in [-0.2, -0.15) is 0 Å². The zero-order valence-electron chi connectivity index (χ0n) is 20.1. The van der Waals surface area contributed by atoms with Crippen molar-refractivity contribution in [3.8, 4) is 5.75 Å². The Kier molecular flexibility index (Phi) is 6.79. The highest BCUT2D eigenvalue weighted by atomic mass is 16.5. The van der Waals surface area contributed by atoms with E-state index in [2.05, 4.69) is 53.4 Å². The van der Waals surface area contributed by atoms with Crippen molar-refractivity contribution in [2.24, 2.45) is 0 Å². The quantitative estimate of drug-likeness (QED) is 0.378. The molecule has 0 aliphatic carbocycles. The molecule has 8 nitrogen and oxygen atoms in total. The summed E-state index contributed by atoms with van der Waals surface area (Å²) in [6, 6.07) is 26.8. The molecular weight excluding hydrogens is 456 g/mol. The van der Waals surface area contributed by atoms with Gasteiger partial charge in [-0.15, -0.1) is 0 Å². The van der Waals surface area contributed by atoms with E-state index >= 15 is 0 Å². The van der Waals surface area contributed by atoms with Crippen molar-refractivity contribution < 1.29 is 19.1 Å². The topological polar surface area (TPSA) is 73.4 Å². The van der Waals surface area contributed by atoms with E-state index in [0.29, 0.717) is 24.5 Å². The first-order valence-corrected chi connectivity index (χ1v) is 12.0. The summed E-state index contributed by atoms with van der Waals surface area (Å²) in [5, 5.41) is 0. The number of carbonyl (C=O) groups is 3. The van der Waals surface area contributed by atoms with Gasteiger partial charge >= 0.3 is 17.8 Å². The molecule has 2 heterocycles. The smallest absolute Gasteiger partial charge is 0.340 e. The van der Waals surface area contributed by atoms with Crippen LogP contribution in [0.5, 0.6) is 5.75 Å². The number of anilines is 1. The lowest BCUT2D eigenvalue weighted by Gasteiger charge is -2.40. The van der Waals surface area contributed by atoms with Crippen LogP contribution < -0.4 is 9.64 Å². The molecule has 0 bridgehead atoms. The third kappa shape index (κ3) is 4.60. The summed E-state index contributed by atoms with van der Waals surface area (Å²) in [7, 11) is 1.54. The number of rotatable bonds is 7. The van der Waals surface area contributed by atoms with Crippen LogP contribution in [-0.2, 0) is 9.59 Å². The highest BCUT2D eigenvalue weighted by Gasteiger charge is 2.46. The van der Waals surface area contributed by atoms with Gasteiger partial charge in [-0.25, -0.2) is 14.6 Å². The maximum Gasteiger partial charge on any atom is 0.340 e. The minimum Gasteiger partial charge on any atom is -0.497 e. The van der Waals surface area contributed by atoms with Gasteiger partial charge in [0.25, 0.3) is 0 Å². The fourth-order valence-electron chi connectivity index (χ4n) is 4.84. The standard InChI is InChI=1S/C28H28N4O4/c1-36-24-14-12-23(13-15-24)32-27(34)26(33)31(28(32)35)20-29-16-18-30(19-17-29)25(21-8-4-2-5-9-21)22-10-6-3-7-11-22/h2-15,25H,16-20H2,1H3. The summed E-state index contributed by atoms with van der Waals surface area (Å²) in [4.78, 5) is 44.8. The van der Waals surface area contributed by atoms with Crippen molar-refractivity contribution in [3.05, 3.63) is 96.1 Å². The molecule has 2 fully saturated rings. The van der Waals surface area contributed by atoms with E-state index in [1.54, 1.807) is 24.3 Å². The van der Waals surface area contributed by atoms with Gasteiger partial charge in [-0.1, -0.05) is 60.7 Å². The Hall–Kier alpha value is -4.01. The number of carbonyl (C=O) groups excluding carboxylic acids is 3. The van der Waals surface area contributed by atoms with E-state index in [9.17, 15) is 14.4 Å². The molecule has 2 aliphatic heterocycles. The van der Waals surface area contributed by atoms with Crippen molar-refractivity contribution in [3.63, 3.8) is 0 Å². The summed E-state index contributed by atoms with van der Waals surface area (Å²) in [6.45, 7) is 2.96. The van der Waals surface area contributed by atoms with E-state index in [4.69, 9.17) is 4.74 Å². The molecule has 3 aromatic rings. The molecule has 8 heteroatoms. The predicted octanol–water partition coefficient (Wildman–Crippen LogP) is 3.36. The molecule has 2 aliphatic rings. The lowest BCUT2D eigenvalue weighted by atomic mass is 9.96. The molecule has 36 heavy (non-hydrogen) atoms. The number of nitrogens with zero attached hydrogens (tertiary/aromatic N) is 4. The minimum atomic E-state index is -0.836. The van der Waals surface area contributed by atoms with Crippen molar-refractivity contribution in [1.82, 2.24) is 14.7 Å². The average molecular weight is 485 g/mol. The average Bonchev–Trinajstić information content (AvgIpc) is 3.14. The molecule has 2 saturated heterocycles. The highest BCUT2D eigenvalue weighted by molar-refractivity contribution is 6.52. The van der Waals surface area contributed by atoms with Crippen molar-refractivity contribution in [1.29, 1.82) is 0 Å². The van der Waals surface area contributed by atoms with Gasteiger partial charge in [-0.3, -0.25) is 19.4 Å². The van der Waals surface area contributed by atoms with E-state index in [1.165, 1.54) is 18.2 Å². The first kappa shape index (κ1) is 23.7. The predicted molar refractivity (Wildman–Crippen MR) is 135 cm³/mol. The first-order chi connectivity index (χ1) is 17.6. The van der Waals surface area contributed by atoms with Crippen LogP contribution in [0.1, 0.15) is 17.2 Å². The number of imide groups is 2. The zero-order valence-corrected chi connectivity index (χ0v) is 20.1. The second-order valence-electron chi connectivity index (χ2n) is 8.87. The van der Waals surface area contributed by atoms with Gasteiger partial charge in [0, 0.05) is 26.2 Å². The third-order valence-corrected chi connectivity index (χ3v) is 6.73. The number of piperazine rings is 1. The number of amides is 4. The molecular formula is C28H28N4O4. The summed E-state index contributed by atoms with van der Waals surface area (Å²) in [5.74, 6) is -1.04. The van der Waals surface area contributed by atoms with Gasteiger partial charge in [0.1, 0.15) is 5.75 Å². The monoisotopic (exact) mass is 484 g/mol. The number of urea groups is 1. The Morgan fingerprint density at radius 3 is 1.81 bits per heavy atom. The van der Waals surface area contributed by atoms with Gasteiger partial charge in [-0.05, 0) is 35.4 Å². The molecule has 3 aromatic carbocycles.